The quantitative estimate of drug-likeness (QED) is 0.735. The molecule has 1 amide bonds. The summed E-state index contributed by atoms with van der Waals surface area (Å²) >= 11 is 0. The molecule has 5 nitrogen and oxygen atoms in total. The monoisotopic (exact) mass is 298 g/mol. The molecule has 0 unspecified atom stereocenters. The number of anilines is 1. The summed E-state index contributed by atoms with van der Waals surface area (Å²) < 4.78 is 0. The average Bonchev–Trinajstić information content (AvgIpc) is 2.58. The Labute approximate surface area is 131 Å². The Morgan fingerprint density at radius 3 is 2.82 bits per heavy atom. The van der Waals surface area contributed by atoms with Crippen molar-refractivity contribution in [1.29, 1.82) is 0 Å². The maximum absolute atomic E-state index is 12.2. The van der Waals surface area contributed by atoms with E-state index in [9.17, 15) is 4.79 Å². The zero-order chi connectivity index (χ0) is 15.6. The molecule has 0 saturated heterocycles. The van der Waals surface area contributed by atoms with Gasteiger partial charge in [0, 0.05) is 24.5 Å². The molecule has 22 heavy (non-hydrogen) atoms. The molecule has 2 aromatic heterocycles. The largest absolute Gasteiger partial charge is 0.370 e. The van der Waals surface area contributed by atoms with E-state index in [0.717, 1.165) is 24.5 Å². The van der Waals surface area contributed by atoms with Gasteiger partial charge >= 0.3 is 0 Å². The van der Waals surface area contributed by atoms with Gasteiger partial charge in [-0.25, -0.2) is 4.98 Å². The smallest absolute Gasteiger partial charge is 0.251 e. The highest BCUT2D eigenvalue weighted by molar-refractivity contribution is 5.94. The van der Waals surface area contributed by atoms with Crippen molar-refractivity contribution in [3.05, 3.63) is 54.0 Å². The zero-order valence-electron chi connectivity index (χ0n) is 12.9. The first-order valence-electron chi connectivity index (χ1n) is 7.67. The molecule has 0 atom stereocenters. The molecule has 0 aromatic carbocycles. The van der Waals surface area contributed by atoms with Gasteiger partial charge in [-0.05, 0) is 30.7 Å². The third kappa shape index (κ3) is 5.16. The fraction of sp³-hybridized carbons (Fsp3) is 0.353. The standard InChI is InChI=1S/C17H22N4O/c1-2-3-5-10-19-16-12-14(8-11-20-16)17(22)21-13-15-7-4-6-9-18-15/h4,6-9,11-12H,2-3,5,10,13H2,1H3,(H,19,20)(H,21,22). The lowest BCUT2D eigenvalue weighted by Gasteiger charge is -2.08. The molecule has 2 aromatic rings. The fourth-order valence-corrected chi connectivity index (χ4v) is 2.04. The van der Waals surface area contributed by atoms with E-state index in [1.165, 1.54) is 12.8 Å². The SMILES string of the molecule is CCCCCNc1cc(C(=O)NCc2ccccn2)ccn1. The van der Waals surface area contributed by atoms with Crippen molar-refractivity contribution in [3.63, 3.8) is 0 Å². The summed E-state index contributed by atoms with van der Waals surface area (Å²) in [7, 11) is 0. The zero-order valence-corrected chi connectivity index (χ0v) is 12.9. The minimum Gasteiger partial charge on any atom is -0.370 e. The Hall–Kier alpha value is -2.43. The molecule has 2 heterocycles. The molecule has 0 bridgehead atoms. The van der Waals surface area contributed by atoms with Crippen LogP contribution >= 0.6 is 0 Å². The topological polar surface area (TPSA) is 66.9 Å². The van der Waals surface area contributed by atoms with E-state index in [2.05, 4.69) is 27.5 Å². The molecule has 116 valence electrons. The lowest BCUT2D eigenvalue weighted by atomic mass is 10.2. The molecule has 0 saturated carbocycles. The number of pyridine rings is 2. The van der Waals surface area contributed by atoms with Crippen LogP contribution in [0.1, 0.15) is 42.2 Å². The number of hydrogen-bond acceptors (Lipinski definition) is 4. The van der Waals surface area contributed by atoms with Crippen molar-refractivity contribution in [2.24, 2.45) is 0 Å². The summed E-state index contributed by atoms with van der Waals surface area (Å²) in [5, 5.41) is 6.11. The highest BCUT2D eigenvalue weighted by atomic mass is 16.1. The highest BCUT2D eigenvalue weighted by Gasteiger charge is 2.06. The summed E-state index contributed by atoms with van der Waals surface area (Å²) in [5.41, 5.74) is 1.44. The van der Waals surface area contributed by atoms with E-state index in [4.69, 9.17) is 0 Å². The van der Waals surface area contributed by atoms with E-state index in [-0.39, 0.29) is 5.91 Å². The number of hydrogen-bond donors (Lipinski definition) is 2. The number of carbonyl (C=O) groups is 1. The Morgan fingerprint density at radius 2 is 2.05 bits per heavy atom. The van der Waals surface area contributed by atoms with Gasteiger partial charge in [-0.1, -0.05) is 25.8 Å². The molecule has 0 aliphatic rings. The van der Waals surface area contributed by atoms with Crippen molar-refractivity contribution >= 4 is 11.7 Å². The lowest BCUT2D eigenvalue weighted by Crippen LogP contribution is -2.23. The van der Waals surface area contributed by atoms with Crippen LogP contribution in [0.15, 0.2) is 42.7 Å². The number of nitrogens with one attached hydrogen (secondary N) is 2. The molecule has 0 fully saturated rings. The van der Waals surface area contributed by atoms with Crippen molar-refractivity contribution in [1.82, 2.24) is 15.3 Å². The second-order valence-electron chi connectivity index (χ2n) is 5.07. The van der Waals surface area contributed by atoms with Crippen LogP contribution in [0.4, 0.5) is 5.82 Å². The Kier molecular flexibility index (Phi) is 6.36. The summed E-state index contributed by atoms with van der Waals surface area (Å²) in [5.74, 6) is 0.617. The maximum atomic E-state index is 12.2. The van der Waals surface area contributed by atoms with E-state index >= 15 is 0 Å². The van der Waals surface area contributed by atoms with Gasteiger partial charge in [0.25, 0.3) is 5.91 Å². The number of amides is 1. The molecular formula is C17H22N4O. The number of nitrogens with zero attached hydrogens (tertiary/aromatic N) is 2. The first-order chi connectivity index (χ1) is 10.8. The molecule has 2 N–H and O–H groups in total. The molecule has 0 aliphatic heterocycles. The minimum absolute atomic E-state index is 0.121. The first-order valence-corrected chi connectivity index (χ1v) is 7.67. The van der Waals surface area contributed by atoms with Gasteiger partial charge < -0.3 is 10.6 Å². The third-order valence-corrected chi connectivity index (χ3v) is 3.26. The summed E-state index contributed by atoms with van der Waals surface area (Å²) in [6, 6.07) is 9.13. The molecule has 0 spiro atoms. The van der Waals surface area contributed by atoms with Gasteiger partial charge in [-0.3, -0.25) is 9.78 Å². The molecular weight excluding hydrogens is 276 g/mol. The minimum atomic E-state index is -0.121. The van der Waals surface area contributed by atoms with Gasteiger partial charge in [0.1, 0.15) is 5.82 Å². The van der Waals surface area contributed by atoms with Crippen LogP contribution in [-0.4, -0.2) is 22.4 Å². The summed E-state index contributed by atoms with van der Waals surface area (Å²) in [6.07, 6.45) is 6.85. The highest BCUT2D eigenvalue weighted by Crippen LogP contribution is 2.08. The van der Waals surface area contributed by atoms with E-state index in [1.54, 1.807) is 24.5 Å². The lowest BCUT2D eigenvalue weighted by molar-refractivity contribution is 0.0950. The van der Waals surface area contributed by atoms with Crippen LogP contribution < -0.4 is 10.6 Å². The third-order valence-electron chi connectivity index (χ3n) is 3.26. The fourth-order valence-electron chi connectivity index (χ4n) is 2.04. The Bertz CT molecular complexity index is 586. The Morgan fingerprint density at radius 1 is 1.14 bits per heavy atom. The van der Waals surface area contributed by atoms with Crippen LogP contribution in [0.5, 0.6) is 0 Å². The summed E-state index contributed by atoms with van der Waals surface area (Å²) in [6.45, 7) is 3.46. The molecule has 0 radical (unpaired) electrons. The number of unbranched alkanes of at least 4 members (excludes halogenated alkanes) is 2. The maximum Gasteiger partial charge on any atom is 0.251 e. The molecule has 5 heteroatoms. The second-order valence-corrected chi connectivity index (χ2v) is 5.07. The predicted octanol–water partition coefficient (Wildman–Crippen LogP) is 3.01. The normalized spacial score (nSPS) is 10.2. The van der Waals surface area contributed by atoms with Crippen LogP contribution in [0.3, 0.4) is 0 Å². The number of rotatable bonds is 8. The molecule has 0 aliphatic carbocycles. The van der Waals surface area contributed by atoms with Gasteiger partial charge in [-0.15, -0.1) is 0 Å². The molecule has 2 rings (SSSR count). The predicted molar refractivity (Wildman–Crippen MR) is 87.7 cm³/mol. The van der Waals surface area contributed by atoms with Crippen LogP contribution in [-0.2, 0) is 6.54 Å². The van der Waals surface area contributed by atoms with Crippen LogP contribution in [0.25, 0.3) is 0 Å². The number of aromatic nitrogens is 2. The second kappa shape index (κ2) is 8.77. The number of carbonyl (C=O) groups excluding carboxylic acids is 1. The van der Waals surface area contributed by atoms with Crippen molar-refractivity contribution < 1.29 is 4.79 Å². The van der Waals surface area contributed by atoms with E-state index in [1.807, 2.05) is 18.2 Å². The van der Waals surface area contributed by atoms with Gasteiger partial charge in [0.2, 0.25) is 0 Å². The van der Waals surface area contributed by atoms with Crippen LogP contribution in [0.2, 0.25) is 0 Å². The summed E-state index contributed by atoms with van der Waals surface area (Å²) in [4.78, 5) is 20.6. The first kappa shape index (κ1) is 15.9. The van der Waals surface area contributed by atoms with Crippen LogP contribution in [0, 0.1) is 0 Å². The average molecular weight is 298 g/mol. The van der Waals surface area contributed by atoms with Gasteiger partial charge in [0.15, 0.2) is 0 Å². The van der Waals surface area contributed by atoms with Gasteiger partial charge in [-0.2, -0.15) is 0 Å². The van der Waals surface area contributed by atoms with Crippen molar-refractivity contribution in [2.75, 3.05) is 11.9 Å². The Balaban J connectivity index is 1.86. The van der Waals surface area contributed by atoms with E-state index < -0.39 is 0 Å². The van der Waals surface area contributed by atoms with Crippen molar-refractivity contribution in [2.45, 2.75) is 32.7 Å². The van der Waals surface area contributed by atoms with E-state index in [0.29, 0.717) is 12.1 Å². The van der Waals surface area contributed by atoms with Gasteiger partial charge in [0.05, 0.1) is 12.2 Å². The van der Waals surface area contributed by atoms with Crippen molar-refractivity contribution in [3.8, 4) is 0 Å².